The quantitative estimate of drug-likeness (QED) is 0.339. The summed E-state index contributed by atoms with van der Waals surface area (Å²) >= 11 is 4.75. The molecule has 5 heteroatoms. The lowest BCUT2D eigenvalue weighted by atomic mass is 10.2. The van der Waals surface area contributed by atoms with Crippen LogP contribution in [0.5, 0.6) is 0 Å². The molecule has 0 radical (unpaired) electrons. The molecule has 0 aliphatic rings. The Hall–Kier alpha value is -1.49. The van der Waals surface area contributed by atoms with Crippen molar-refractivity contribution < 1.29 is 0 Å². The number of nitrogens with zero attached hydrogens (tertiary/aromatic N) is 1. The van der Waals surface area contributed by atoms with Crippen LogP contribution in [0.2, 0.25) is 0 Å². The van der Waals surface area contributed by atoms with E-state index in [2.05, 4.69) is 4.98 Å². The first kappa shape index (κ1) is 8.61. The van der Waals surface area contributed by atoms with Crippen LogP contribution in [0.3, 0.4) is 0 Å². The molecule has 0 fully saturated rings. The molecule has 62 valence electrons. The fourth-order valence-electron chi connectivity index (χ4n) is 0.819. The summed E-state index contributed by atoms with van der Waals surface area (Å²) in [5, 5.41) is 7.17. The second-order valence-corrected chi connectivity index (χ2v) is 2.62. The van der Waals surface area contributed by atoms with Gasteiger partial charge in [-0.05, 0) is 12.1 Å². The molecule has 0 aliphatic carbocycles. The number of amidine groups is 1. The summed E-state index contributed by atoms with van der Waals surface area (Å²) in [5.41, 5.74) is 11.5. The minimum Gasteiger partial charge on any atom is -0.389 e. The van der Waals surface area contributed by atoms with Crippen LogP contribution in [0.1, 0.15) is 11.3 Å². The van der Waals surface area contributed by atoms with Crippen molar-refractivity contribution in [1.82, 2.24) is 4.98 Å². The number of nitrogens with one attached hydrogen (secondary N) is 1. The molecule has 0 spiro atoms. The van der Waals surface area contributed by atoms with E-state index in [-0.39, 0.29) is 10.8 Å². The van der Waals surface area contributed by atoms with Crippen LogP contribution < -0.4 is 11.5 Å². The van der Waals surface area contributed by atoms with Crippen molar-refractivity contribution in [2.75, 3.05) is 0 Å². The van der Waals surface area contributed by atoms with E-state index >= 15 is 0 Å². The van der Waals surface area contributed by atoms with Crippen LogP contribution in [0.4, 0.5) is 0 Å². The first-order chi connectivity index (χ1) is 5.63. The maximum absolute atomic E-state index is 7.17. The molecule has 1 aromatic heterocycles. The minimum atomic E-state index is -0.126. The lowest BCUT2D eigenvalue weighted by Crippen LogP contribution is -2.21. The van der Waals surface area contributed by atoms with Gasteiger partial charge >= 0.3 is 0 Å². The fraction of sp³-hybridized carbons (Fsp3) is 0. The molecule has 5 N–H and O–H groups in total. The summed E-state index contributed by atoms with van der Waals surface area (Å²) in [7, 11) is 0. The van der Waals surface area contributed by atoms with Gasteiger partial charge in [-0.1, -0.05) is 12.2 Å². The van der Waals surface area contributed by atoms with Gasteiger partial charge in [0.25, 0.3) is 0 Å². The average Bonchev–Trinajstić information content (AvgIpc) is 2.04. The second-order valence-electron chi connectivity index (χ2n) is 2.18. The summed E-state index contributed by atoms with van der Waals surface area (Å²) in [6.45, 7) is 0. The van der Waals surface area contributed by atoms with Crippen LogP contribution in [0, 0.1) is 5.41 Å². The Morgan fingerprint density at radius 2 is 2.17 bits per heavy atom. The van der Waals surface area contributed by atoms with E-state index < -0.39 is 0 Å². The number of hydrogen-bond donors (Lipinski definition) is 3. The highest BCUT2D eigenvalue weighted by molar-refractivity contribution is 7.80. The molecule has 0 atom stereocenters. The van der Waals surface area contributed by atoms with E-state index in [0.29, 0.717) is 11.3 Å². The predicted octanol–water partition coefficient (Wildman–Crippen LogP) is -0.000130. The van der Waals surface area contributed by atoms with Gasteiger partial charge in [-0.2, -0.15) is 0 Å². The maximum atomic E-state index is 7.17. The number of pyridine rings is 1. The van der Waals surface area contributed by atoms with Crippen LogP contribution in [-0.2, 0) is 0 Å². The van der Waals surface area contributed by atoms with Crippen molar-refractivity contribution in [3.8, 4) is 0 Å². The molecule has 0 aromatic carbocycles. The number of hydrogen-bond acceptors (Lipinski definition) is 3. The molecule has 0 amide bonds. The zero-order valence-electron chi connectivity index (χ0n) is 6.24. The molecule has 4 nitrogen and oxygen atoms in total. The van der Waals surface area contributed by atoms with Crippen molar-refractivity contribution in [2.45, 2.75) is 0 Å². The van der Waals surface area contributed by atoms with E-state index in [4.69, 9.17) is 29.1 Å². The van der Waals surface area contributed by atoms with Gasteiger partial charge in [0.1, 0.15) is 16.5 Å². The standard InChI is InChI=1S/C7H8N4S/c8-6(9)5-4(7(10)12)2-1-3-11-5/h1-3H,(H3,8,9)(H2,10,12). The third-order valence-electron chi connectivity index (χ3n) is 1.33. The lowest BCUT2D eigenvalue weighted by Gasteiger charge is -2.03. The number of aromatic nitrogens is 1. The van der Waals surface area contributed by atoms with E-state index in [1.165, 1.54) is 0 Å². The molecule has 0 unspecified atom stereocenters. The van der Waals surface area contributed by atoms with Gasteiger partial charge in [-0.15, -0.1) is 0 Å². The Morgan fingerprint density at radius 3 is 2.58 bits per heavy atom. The third kappa shape index (κ3) is 1.57. The monoisotopic (exact) mass is 180 g/mol. The molecule has 0 saturated carbocycles. The van der Waals surface area contributed by atoms with Crippen molar-refractivity contribution >= 4 is 23.0 Å². The topological polar surface area (TPSA) is 88.8 Å². The summed E-state index contributed by atoms with van der Waals surface area (Å²) in [5.74, 6) is -0.126. The Balaban J connectivity index is 3.27. The normalized spacial score (nSPS) is 9.33. The van der Waals surface area contributed by atoms with E-state index in [0.717, 1.165) is 0 Å². The van der Waals surface area contributed by atoms with Crippen LogP contribution in [-0.4, -0.2) is 15.8 Å². The predicted molar refractivity (Wildman–Crippen MR) is 51.1 cm³/mol. The summed E-state index contributed by atoms with van der Waals surface area (Å²) in [4.78, 5) is 4.08. The molecule has 1 rings (SSSR count). The Kier molecular flexibility index (Phi) is 2.35. The summed E-state index contributed by atoms with van der Waals surface area (Å²) < 4.78 is 0. The lowest BCUT2D eigenvalue weighted by molar-refractivity contribution is 1.24. The second kappa shape index (κ2) is 3.27. The number of thiocarbonyl (C=S) groups is 1. The molecule has 1 aromatic rings. The molecule has 12 heavy (non-hydrogen) atoms. The highest BCUT2D eigenvalue weighted by atomic mass is 32.1. The minimum absolute atomic E-state index is 0.126. The highest BCUT2D eigenvalue weighted by Crippen LogP contribution is 2.03. The zero-order chi connectivity index (χ0) is 9.14. The largest absolute Gasteiger partial charge is 0.389 e. The van der Waals surface area contributed by atoms with Crippen molar-refractivity contribution in [3.05, 3.63) is 29.6 Å². The average molecular weight is 180 g/mol. The maximum Gasteiger partial charge on any atom is 0.142 e. The molecule has 1 heterocycles. The van der Waals surface area contributed by atoms with E-state index in [1.807, 2.05) is 0 Å². The number of nitrogens with two attached hydrogens (primary N) is 2. The van der Waals surface area contributed by atoms with Gasteiger partial charge in [-0.25, -0.2) is 0 Å². The Bertz CT molecular complexity index is 301. The van der Waals surface area contributed by atoms with Gasteiger partial charge < -0.3 is 11.5 Å². The Labute approximate surface area is 75.1 Å². The SMILES string of the molecule is N=C(N)c1ncccc1C(N)=S. The summed E-state index contributed by atoms with van der Waals surface area (Å²) in [6, 6.07) is 3.38. The first-order valence-electron chi connectivity index (χ1n) is 3.22. The van der Waals surface area contributed by atoms with E-state index in [1.54, 1.807) is 18.3 Å². The Morgan fingerprint density at radius 1 is 1.50 bits per heavy atom. The van der Waals surface area contributed by atoms with E-state index in [9.17, 15) is 0 Å². The fourth-order valence-corrected chi connectivity index (χ4v) is 0.983. The smallest absolute Gasteiger partial charge is 0.142 e. The van der Waals surface area contributed by atoms with Gasteiger partial charge in [0.2, 0.25) is 0 Å². The van der Waals surface area contributed by atoms with Crippen LogP contribution in [0.15, 0.2) is 18.3 Å². The van der Waals surface area contributed by atoms with Gasteiger partial charge in [0.05, 0.1) is 0 Å². The first-order valence-corrected chi connectivity index (χ1v) is 3.63. The van der Waals surface area contributed by atoms with Crippen molar-refractivity contribution in [1.29, 1.82) is 5.41 Å². The molecule has 0 aliphatic heterocycles. The molecular formula is C7H8N4S. The third-order valence-corrected chi connectivity index (χ3v) is 1.55. The number of nitrogen functional groups attached to an aromatic ring is 1. The van der Waals surface area contributed by atoms with Crippen LogP contribution in [0.25, 0.3) is 0 Å². The van der Waals surface area contributed by atoms with Crippen LogP contribution >= 0.6 is 12.2 Å². The van der Waals surface area contributed by atoms with Crippen molar-refractivity contribution in [3.63, 3.8) is 0 Å². The molecular weight excluding hydrogens is 172 g/mol. The van der Waals surface area contributed by atoms with Gasteiger partial charge in [0.15, 0.2) is 0 Å². The molecule has 0 saturated heterocycles. The number of rotatable bonds is 2. The van der Waals surface area contributed by atoms with Gasteiger partial charge in [0, 0.05) is 11.8 Å². The van der Waals surface area contributed by atoms with Crippen molar-refractivity contribution in [2.24, 2.45) is 11.5 Å². The summed E-state index contributed by atoms with van der Waals surface area (Å²) in [6.07, 6.45) is 1.54. The highest BCUT2D eigenvalue weighted by Gasteiger charge is 2.07. The van der Waals surface area contributed by atoms with Gasteiger partial charge in [-0.3, -0.25) is 10.4 Å². The molecule has 0 bridgehead atoms. The zero-order valence-corrected chi connectivity index (χ0v) is 7.06.